The molecule has 0 N–H and O–H groups in total. The minimum absolute atomic E-state index is 0.265. The summed E-state index contributed by atoms with van der Waals surface area (Å²) in [6.45, 7) is 6.67. The van der Waals surface area contributed by atoms with Crippen LogP contribution in [0.2, 0.25) is 19.6 Å². The lowest BCUT2D eigenvalue weighted by molar-refractivity contribution is -0.0542. The first-order chi connectivity index (χ1) is 11.4. The summed E-state index contributed by atoms with van der Waals surface area (Å²) in [7, 11) is -1.41. The van der Waals surface area contributed by atoms with Gasteiger partial charge in [-0.1, -0.05) is 36.8 Å². The summed E-state index contributed by atoms with van der Waals surface area (Å²) in [5.41, 5.74) is 4.33. The Morgan fingerprint density at radius 3 is 2.50 bits per heavy atom. The number of nitriles is 1. The van der Waals surface area contributed by atoms with Crippen molar-refractivity contribution in [3.63, 3.8) is 0 Å². The fourth-order valence-electron chi connectivity index (χ4n) is 3.32. The van der Waals surface area contributed by atoms with Crippen molar-refractivity contribution in [3.05, 3.63) is 30.1 Å². The molecule has 1 spiro atoms. The number of rotatable bonds is 1. The summed E-state index contributed by atoms with van der Waals surface area (Å²) in [4.78, 5) is 10.2. The highest BCUT2D eigenvalue weighted by molar-refractivity contribution is 6.84. The lowest BCUT2D eigenvalue weighted by Crippen LogP contribution is -2.41. The fraction of sp³-hybridized carbons (Fsp3) is 0.526. The van der Waals surface area contributed by atoms with E-state index in [1.807, 2.05) is 18.2 Å². The molecule has 1 saturated carbocycles. The first kappa shape index (κ1) is 16.7. The van der Waals surface area contributed by atoms with Crippen molar-refractivity contribution < 1.29 is 4.84 Å². The minimum Gasteiger partial charge on any atom is -0.388 e. The van der Waals surface area contributed by atoms with Crippen molar-refractivity contribution >= 4 is 13.8 Å². The van der Waals surface area contributed by atoms with Crippen LogP contribution in [0.15, 0.2) is 29.6 Å². The number of pyridine rings is 1. The maximum Gasteiger partial charge on any atom is 0.144 e. The van der Waals surface area contributed by atoms with E-state index in [1.165, 1.54) is 0 Å². The van der Waals surface area contributed by atoms with Gasteiger partial charge < -0.3 is 4.84 Å². The highest BCUT2D eigenvalue weighted by atomic mass is 28.3. The predicted octanol–water partition coefficient (Wildman–Crippen LogP) is 3.81. The van der Waals surface area contributed by atoms with Crippen molar-refractivity contribution in [2.45, 2.75) is 62.8 Å². The zero-order valence-electron chi connectivity index (χ0n) is 14.6. The van der Waals surface area contributed by atoms with Gasteiger partial charge in [-0.15, -0.1) is 5.54 Å². The van der Waals surface area contributed by atoms with Crippen LogP contribution >= 0.6 is 0 Å². The summed E-state index contributed by atoms with van der Waals surface area (Å²) < 4.78 is 0. The average Bonchev–Trinajstić information content (AvgIpc) is 2.98. The first-order valence-corrected chi connectivity index (χ1v) is 12.0. The second-order valence-electron chi connectivity index (χ2n) is 7.90. The summed E-state index contributed by atoms with van der Waals surface area (Å²) in [5, 5.41) is 14.0. The number of hydrogen-bond donors (Lipinski definition) is 0. The van der Waals surface area contributed by atoms with Gasteiger partial charge in [-0.3, -0.25) is 4.98 Å². The SMILES string of the molecule is C[Si](C)(C)C#CC1=NOC2(CCC(C#N)(c3ccccn3)CC2)C1. The van der Waals surface area contributed by atoms with E-state index in [0.29, 0.717) is 0 Å². The molecule has 1 aliphatic heterocycles. The minimum atomic E-state index is -1.41. The zero-order valence-corrected chi connectivity index (χ0v) is 15.6. The van der Waals surface area contributed by atoms with E-state index in [0.717, 1.165) is 43.5 Å². The van der Waals surface area contributed by atoms with Crippen molar-refractivity contribution in [2.24, 2.45) is 5.16 Å². The molecule has 3 rings (SSSR count). The number of hydrogen-bond acceptors (Lipinski definition) is 4. The Balaban J connectivity index is 1.70. The lowest BCUT2D eigenvalue weighted by Gasteiger charge is -2.38. The number of nitrogens with zero attached hydrogens (tertiary/aromatic N) is 3. The van der Waals surface area contributed by atoms with Crippen LogP contribution < -0.4 is 0 Å². The molecule has 0 atom stereocenters. The van der Waals surface area contributed by atoms with Crippen molar-refractivity contribution in [1.82, 2.24) is 4.98 Å². The highest BCUT2D eigenvalue weighted by Gasteiger charge is 2.48. The molecule has 2 heterocycles. The van der Waals surface area contributed by atoms with Gasteiger partial charge in [0.05, 0.1) is 17.2 Å². The molecule has 1 aliphatic carbocycles. The van der Waals surface area contributed by atoms with Crippen LogP contribution in [0.5, 0.6) is 0 Å². The largest absolute Gasteiger partial charge is 0.388 e. The summed E-state index contributed by atoms with van der Waals surface area (Å²) in [6.07, 6.45) is 5.68. The molecule has 0 bridgehead atoms. The molecule has 0 saturated heterocycles. The van der Waals surface area contributed by atoms with E-state index in [4.69, 9.17) is 4.84 Å². The van der Waals surface area contributed by atoms with Crippen molar-refractivity contribution in [1.29, 1.82) is 5.26 Å². The lowest BCUT2D eigenvalue weighted by atomic mass is 9.66. The second kappa shape index (κ2) is 6.07. The first-order valence-electron chi connectivity index (χ1n) is 8.48. The normalized spacial score (nSPS) is 29.2. The Labute approximate surface area is 144 Å². The van der Waals surface area contributed by atoms with Crippen LogP contribution in [0, 0.1) is 22.8 Å². The fourth-order valence-corrected chi connectivity index (χ4v) is 3.84. The smallest absolute Gasteiger partial charge is 0.144 e. The molecule has 2 aliphatic rings. The predicted molar refractivity (Wildman–Crippen MR) is 97.0 cm³/mol. The molecule has 5 heteroatoms. The Morgan fingerprint density at radius 2 is 1.92 bits per heavy atom. The van der Waals surface area contributed by atoms with Crippen molar-refractivity contribution in [3.8, 4) is 17.5 Å². The summed E-state index contributed by atoms with van der Waals surface area (Å²) in [5.74, 6) is 3.22. The monoisotopic (exact) mass is 337 g/mol. The van der Waals surface area contributed by atoms with Gasteiger partial charge in [0.15, 0.2) is 0 Å². The Morgan fingerprint density at radius 1 is 1.17 bits per heavy atom. The molecule has 124 valence electrons. The third kappa shape index (κ3) is 3.37. The highest BCUT2D eigenvalue weighted by Crippen LogP contribution is 2.46. The third-order valence-corrected chi connectivity index (χ3v) is 5.68. The molecule has 1 aromatic rings. The van der Waals surface area contributed by atoms with E-state index in [9.17, 15) is 5.26 Å². The number of aromatic nitrogens is 1. The average molecular weight is 337 g/mol. The molecular formula is C19H23N3OSi. The molecular weight excluding hydrogens is 314 g/mol. The summed E-state index contributed by atoms with van der Waals surface area (Å²) in [6, 6.07) is 8.31. The van der Waals surface area contributed by atoms with Crippen LogP contribution in [0.3, 0.4) is 0 Å². The summed E-state index contributed by atoms with van der Waals surface area (Å²) >= 11 is 0. The molecule has 0 amide bonds. The second-order valence-corrected chi connectivity index (χ2v) is 12.6. The molecule has 0 aromatic carbocycles. The quantitative estimate of drug-likeness (QED) is 0.578. The zero-order chi connectivity index (χ0) is 17.3. The third-order valence-electron chi connectivity index (χ3n) is 4.80. The van der Waals surface area contributed by atoms with Gasteiger partial charge in [0.2, 0.25) is 0 Å². The van der Waals surface area contributed by atoms with E-state index >= 15 is 0 Å². The Hall–Kier alpha value is -2.11. The number of oxime groups is 1. The van der Waals surface area contributed by atoms with Gasteiger partial charge in [-0.05, 0) is 37.8 Å². The maximum atomic E-state index is 9.77. The molecule has 4 nitrogen and oxygen atoms in total. The van der Waals surface area contributed by atoms with Gasteiger partial charge in [0.1, 0.15) is 19.4 Å². The molecule has 1 aromatic heterocycles. The topological polar surface area (TPSA) is 58.3 Å². The van der Waals surface area contributed by atoms with Gasteiger partial charge in [0, 0.05) is 12.6 Å². The van der Waals surface area contributed by atoms with Gasteiger partial charge in [0.25, 0.3) is 0 Å². The van der Waals surface area contributed by atoms with E-state index in [-0.39, 0.29) is 5.60 Å². The maximum absolute atomic E-state index is 9.77. The van der Waals surface area contributed by atoms with Crippen molar-refractivity contribution in [2.75, 3.05) is 0 Å². The van der Waals surface area contributed by atoms with E-state index in [2.05, 4.69) is 47.3 Å². The van der Waals surface area contributed by atoms with Gasteiger partial charge in [-0.2, -0.15) is 5.26 Å². The van der Waals surface area contributed by atoms with Crippen LogP contribution in [0.25, 0.3) is 0 Å². The van der Waals surface area contributed by atoms with Crippen LogP contribution in [0.1, 0.15) is 37.8 Å². The molecule has 24 heavy (non-hydrogen) atoms. The van der Waals surface area contributed by atoms with Crippen LogP contribution in [-0.2, 0) is 10.3 Å². The van der Waals surface area contributed by atoms with Crippen LogP contribution in [0.4, 0.5) is 0 Å². The Bertz CT molecular complexity index is 739. The van der Waals surface area contributed by atoms with Crippen LogP contribution in [-0.4, -0.2) is 24.4 Å². The van der Waals surface area contributed by atoms with E-state index < -0.39 is 13.5 Å². The van der Waals surface area contributed by atoms with E-state index in [1.54, 1.807) is 6.20 Å². The van der Waals surface area contributed by atoms with Gasteiger partial charge >= 0.3 is 0 Å². The Kier molecular flexibility index (Phi) is 4.23. The molecule has 1 fully saturated rings. The molecule has 0 radical (unpaired) electrons. The van der Waals surface area contributed by atoms with Gasteiger partial charge in [-0.25, -0.2) is 0 Å². The molecule has 0 unspecified atom stereocenters. The standard InChI is InChI=1S/C19H23N3OSi/c1-24(2,3)13-7-16-14-19(23-22-16)10-8-18(15-20,9-11-19)17-6-4-5-12-21-17/h4-6,12H,8-11,14H2,1-3H3.